The average molecular weight is 340 g/mol. The van der Waals surface area contributed by atoms with Gasteiger partial charge in [0.05, 0.1) is 6.10 Å². The highest BCUT2D eigenvalue weighted by Gasteiger charge is 2.22. The molecule has 0 radical (unpaired) electrons. The monoisotopic (exact) mass is 339 g/mol. The highest BCUT2D eigenvalue weighted by atomic mass is 79.9. The molecule has 1 N–H and O–H groups in total. The Hall–Kier alpha value is -0.380. The maximum Gasteiger partial charge on any atom is 0.0813 e. The number of aliphatic hydroxyl groups is 1. The van der Waals surface area contributed by atoms with Gasteiger partial charge >= 0.3 is 0 Å². The van der Waals surface area contributed by atoms with Crippen molar-refractivity contribution in [3.63, 3.8) is 0 Å². The van der Waals surface area contributed by atoms with Gasteiger partial charge in [-0.1, -0.05) is 53.9 Å². The van der Waals surface area contributed by atoms with E-state index in [0.717, 1.165) is 28.9 Å². The van der Waals surface area contributed by atoms with Crippen molar-refractivity contribution >= 4 is 15.9 Å². The molecular weight excluding hydrogens is 314 g/mol. The van der Waals surface area contributed by atoms with Crippen molar-refractivity contribution in [1.29, 1.82) is 0 Å². The summed E-state index contributed by atoms with van der Waals surface area (Å²) in [6.07, 6.45) is 5.76. The molecular formula is C17H26BrNO. The molecule has 0 aliphatic heterocycles. The maximum atomic E-state index is 10.3. The molecule has 1 aliphatic rings. The summed E-state index contributed by atoms with van der Waals surface area (Å²) in [5.74, 6) is 0.851. The van der Waals surface area contributed by atoms with Gasteiger partial charge in [-0.25, -0.2) is 0 Å². The van der Waals surface area contributed by atoms with Gasteiger partial charge in [-0.15, -0.1) is 0 Å². The van der Waals surface area contributed by atoms with Crippen LogP contribution < -0.4 is 0 Å². The van der Waals surface area contributed by atoms with Gasteiger partial charge in [-0.3, -0.25) is 0 Å². The summed E-state index contributed by atoms with van der Waals surface area (Å²) in [5, 5.41) is 10.3. The minimum absolute atomic E-state index is 0.381. The van der Waals surface area contributed by atoms with Crippen LogP contribution in [0.1, 0.15) is 50.7 Å². The quantitative estimate of drug-likeness (QED) is 0.860. The van der Waals surface area contributed by atoms with Crippen molar-refractivity contribution < 1.29 is 5.11 Å². The van der Waals surface area contributed by atoms with Crippen LogP contribution in [0, 0.1) is 5.92 Å². The SMILES string of the molecule is CC1CCCC(N(C)CCC(O)c2ccccc2Br)C1. The summed E-state index contributed by atoms with van der Waals surface area (Å²) in [4.78, 5) is 2.44. The Bertz CT molecular complexity index is 423. The first-order valence-electron chi connectivity index (χ1n) is 7.70. The molecule has 1 aromatic carbocycles. The van der Waals surface area contributed by atoms with Crippen molar-refractivity contribution in [2.24, 2.45) is 5.92 Å². The highest BCUT2D eigenvalue weighted by Crippen LogP contribution is 2.28. The molecule has 3 atom stereocenters. The molecule has 3 heteroatoms. The Morgan fingerprint density at radius 3 is 2.80 bits per heavy atom. The van der Waals surface area contributed by atoms with Crippen LogP contribution in [0.3, 0.4) is 0 Å². The van der Waals surface area contributed by atoms with Gasteiger partial charge in [0.1, 0.15) is 0 Å². The fourth-order valence-corrected chi connectivity index (χ4v) is 3.76. The van der Waals surface area contributed by atoms with E-state index in [1.165, 1.54) is 25.7 Å². The molecule has 2 nitrogen and oxygen atoms in total. The van der Waals surface area contributed by atoms with Gasteiger partial charge in [0.15, 0.2) is 0 Å². The second kappa shape index (κ2) is 7.58. The first-order valence-corrected chi connectivity index (χ1v) is 8.50. The van der Waals surface area contributed by atoms with Crippen LogP contribution in [0.4, 0.5) is 0 Å². The van der Waals surface area contributed by atoms with Crippen LogP contribution in [0.2, 0.25) is 0 Å². The Labute approximate surface area is 131 Å². The predicted molar refractivity (Wildman–Crippen MR) is 87.8 cm³/mol. The van der Waals surface area contributed by atoms with Crippen molar-refractivity contribution in [2.45, 2.75) is 51.2 Å². The standard InChI is InChI=1S/C17H26BrNO/c1-13-6-5-7-14(12-13)19(2)11-10-17(20)15-8-3-4-9-16(15)18/h3-4,8-9,13-14,17,20H,5-7,10-12H2,1-2H3. The Morgan fingerprint density at radius 1 is 1.35 bits per heavy atom. The van der Waals surface area contributed by atoms with Crippen molar-refractivity contribution in [2.75, 3.05) is 13.6 Å². The van der Waals surface area contributed by atoms with Gasteiger partial charge in [-0.2, -0.15) is 0 Å². The topological polar surface area (TPSA) is 23.5 Å². The molecule has 1 fully saturated rings. The average Bonchev–Trinajstić information content (AvgIpc) is 2.45. The van der Waals surface area contributed by atoms with Crippen LogP contribution >= 0.6 is 15.9 Å². The van der Waals surface area contributed by atoms with Crippen LogP contribution in [-0.2, 0) is 0 Å². The molecule has 3 unspecified atom stereocenters. The zero-order valence-corrected chi connectivity index (χ0v) is 14.1. The number of hydrogen-bond acceptors (Lipinski definition) is 2. The minimum Gasteiger partial charge on any atom is -0.388 e. The molecule has 20 heavy (non-hydrogen) atoms. The fourth-order valence-electron chi connectivity index (χ4n) is 3.21. The minimum atomic E-state index is -0.381. The molecule has 1 aliphatic carbocycles. The summed E-state index contributed by atoms with van der Waals surface area (Å²) in [6, 6.07) is 8.65. The van der Waals surface area contributed by atoms with Gasteiger partial charge in [0, 0.05) is 17.1 Å². The summed E-state index contributed by atoms with van der Waals surface area (Å²) in [6.45, 7) is 3.32. The third-order valence-corrected chi connectivity index (χ3v) is 5.27. The Morgan fingerprint density at radius 2 is 2.10 bits per heavy atom. The molecule has 1 aromatic rings. The number of rotatable bonds is 5. The molecule has 0 saturated heterocycles. The zero-order valence-electron chi connectivity index (χ0n) is 12.6. The van der Waals surface area contributed by atoms with Gasteiger partial charge in [0.25, 0.3) is 0 Å². The lowest BCUT2D eigenvalue weighted by Crippen LogP contribution is -2.36. The summed E-state index contributed by atoms with van der Waals surface area (Å²) < 4.78 is 1.00. The molecule has 0 heterocycles. The third-order valence-electron chi connectivity index (χ3n) is 4.55. The van der Waals surface area contributed by atoms with E-state index in [9.17, 15) is 5.11 Å². The van der Waals surface area contributed by atoms with Gasteiger partial charge in [0.2, 0.25) is 0 Å². The van der Waals surface area contributed by atoms with Crippen LogP contribution in [-0.4, -0.2) is 29.6 Å². The van der Waals surface area contributed by atoms with Crippen LogP contribution in [0.25, 0.3) is 0 Å². The van der Waals surface area contributed by atoms with Gasteiger partial charge in [-0.05, 0) is 43.9 Å². The smallest absolute Gasteiger partial charge is 0.0813 e. The number of hydrogen-bond donors (Lipinski definition) is 1. The Balaban J connectivity index is 1.83. The van der Waals surface area contributed by atoms with Crippen molar-refractivity contribution in [1.82, 2.24) is 4.90 Å². The molecule has 0 spiro atoms. The number of aliphatic hydroxyl groups excluding tert-OH is 1. The van der Waals surface area contributed by atoms with E-state index >= 15 is 0 Å². The second-order valence-corrected chi connectivity index (χ2v) is 7.09. The lowest BCUT2D eigenvalue weighted by atomic mass is 9.86. The normalized spacial score (nSPS) is 24.9. The van der Waals surface area contributed by atoms with E-state index < -0.39 is 0 Å². The predicted octanol–water partition coefficient (Wildman–Crippen LogP) is 4.38. The molecule has 2 rings (SSSR count). The number of benzene rings is 1. The molecule has 0 aromatic heterocycles. The van der Waals surface area contributed by atoms with E-state index in [1.54, 1.807) is 0 Å². The lowest BCUT2D eigenvalue weighted by Gasteiger charge is -2.34. The lowest BCUT2D eigenvalue weighted by molar-refractivity contribution is 0.116. The Kier molecular flexibility index (Phi) is 6.06. The van der Waals surface area contributed by atoms with E-state index in [4.69, 9.17) is 0 Å². The summed E-state index contributed by atoms with van der Waals surface area (Å²) >= 11 is 3.51. The van der Waals surface area contributed by atoms with Gasteiger partial charge < -0.3 is 10.0 Å². The van der Waals surface area contributed by atoms with Crippen molar-refractivity contribution in [3.8, 4) is 0 Å². The van der Waals surface area contributed by atoms with E-state index in [-0.39, 0.29) is 6.10 Å². The van der Waals surface area contributed by atoms with E-state index in [2.05, 4.69) is 34.8 Å². The first kappa shape index (κ1) is 16.0. The molecule has 0 amide bonds. The van der Waals surface area contributed by atoms with E-state index in [1.807, 2.05) is 24.3 Å². The maximum absolute atomic E-state index is 10.3. The zero-order chi connectivity index (χ0) is 14.5. The van der Waals surface area contributed by atoms with Crippen LogP contribution in [0.15, 0.2) is 28.7 Å². The summed E-state index contributed by atoms with van der Waals surface area (Å²) in [5.41, 5.74) is 0.998. The fraction of sp³-hybridized carbons (Fsp3) is 0.647. The number of halogens is 1. The number of nitrogens with zero attached hydrogens (tertiary/aromatic N) is 1. The first-order chi connectivity index (χ1) is 9.58. The van der Waals surface area contributed by atoms with Crippen LogP contribution in [0.5, 0.6) is 0 Å². The summed E-state index contributed by atoms with van der Waals surface area (Å²) in [7, 11) is 2.20. The highest BCUT2D eigenvalue weighted by molar-refractivity contribution is 9.10. The molecule has 112 valence electrons. The second-order valence-electron chi connectivity index (χ2n) is 6.23. The third kappa shape index (κ3) is 4.31. The van der Waals surface area contributed by atoms with E-state index in [0.29, 0.717) is 6.04 Å². The molecule has 1 saturated carbocycles. The van der Waals surface area contributed by atoms with Crippen molar-refractivity contribution in [3.05, 3.63) is 34.3 Å². The molecule has 0 bridgehead atoms. The largest absolute Gasteiger partial charge is 0.388 e.